The van der Waals surface area contributed by atoms with Gasteiger partial charge in [0, 0.05) is 74.5 Å². The first-order valence-electron chi connectivity index (χ1n) is 19.2. The van der Waals surface area contributed by atoms with E-state index in [1.807, 2.05) is 115 Å². The van der Waals surface area contributed by atoms with Crippen molar-refractivity contribution in [3.05, 3.63) is 142 Å². The van der Waals surface area contributed by atoms with Crippen molar-refractivity contribution < 1.29 is 19.1 Å². The van der Waals surface area contributed by atoms with E-state index in [9.17, 15) is 14.4 Å². The lowest BCUT2D eigenvalue weighted by Crippen LogP contribution is -2.43. The molecule has 4 aromatic carbocycles. The summed E-state index contributed by atoms with van der Waals surface area (Å²) in [7, 11) is 7.77. The Kier molecular flexibility index (Phi) is 10.9. The van der Waals surface area contributed by atoms with Gasteiger partial charge in [-0.15, -0.1) is 0 Å². The average Bonchev–Trinajstić information content (AvgIpc) is 3.49. The van der Waals surface area contributed by atoms with Crippen molar-refractivity contribution in [3.63, 3.8) is 0 Å². The highest BCUT2D eigenvalue weighted by Gasteiger charge is 2.32. The molecule has 0 fully saturated rings. The summed E-state index contributed by atoms with van der Waals surface area (Å²) in [5.41, 5.74) is 9.83. The van der Waals surface area contributed by atoms with Gasteiger partial charge in [-0.2, -0.15) is 0 Å². The van der Waals surface area contributed by atoms with Crippen LogP contribution in [0.3, 0.4) is 0 Å². The molecule has 55 heavy (non-hydrogen) atoms. The SMILES string of the molecule is Cc1c(C(=O)N(C)c2ccccc2)cc(-c2cc3c(cc2C(=O)N2Cc4ccccc4C[C@H]2C)CN(C(=O)Cc2cccc(OCCN(C)C)c2)CC3)n1C. The second kappa shape index (κ2) is 16.0. The standard InChI is InChI=1S/C46H51N5O4/c1-31-23-34-14-10-11-15-36(34)30-51(31)46(54)42-27-37-29-50(44(52)25-33-13-12-18-39(24-33)55-22-21-47(3)4)20-19-35(37)26-41(42)43-28-40(32(2)48(43)5)45(53)49(6)38-16-8-7-9-17-38/h7-18,24,26-28,31H,19-23,25,29-30H2,1-6H3/t31-/m1/s1. The molecule has 0 saturated carbocycles. The predicted molar refractivity (Wildman–Crippen MR) is 218 cm³/mol. The Balaban J connectivity index is 1.21. The Morgan fingerprint density at radius 3 is 2.31 bits per heavy atom. The van der Waals surface area contributed by atoms with E-state index in [-0.39, 0.29) is 30.2 Å². The zero-order valence-electron chi connectivity index (χ0n) is 32.8. The van der Waals surface area contributed by atoms with Crippen molar-refractivity contribution in [2.24, 2.45) is 7.05 Å². The van der Waals surface area contributed by atoms with Crippen molar-refractivity contribution in [3.8, 4) is 17.0 Å². The van der Waals surface area contributed by atoms with E-state index in [1.165, 1.54) is 5.56 Å². The molecule has 0 aliphatic carbocycles. The number of amides is 3. The minimum Gasteiger partial charge on any atom is -0.492 e. The van der Waals surface area contributed by atoms with Crippen LogP contribution in [0.2, 0.25) is 0 Å². The van der Waals surface area contributed by atoms with Crippen LogP contribution in [0.15, 0.2) is 97.1 Å². The van der Waals surface area contributed by atoms with E-state index >= 15 is 0 Å². The number of carbonyl (C=O) groups is 3. The van der Waals surface area contributed by atoms with Gasteiger partial charge < -0.3 is 28.9 Å². The summed E-state index contributed by atoms with van der Waals surface area (Å²) in [6, 6.07) is 31.8. The molecule has 7 rings (SSSR count). The van der Waals surface area contributed by atoms with Crippen LogP contribution in [0.1, 0.15) is 61.2 Å². The number of carbonyl (C=O) groups excluding carboxylic acids is 3. The maximum atomic E-state index is 14.9. The van der Waals surface area contributed by atoms with Crippen LogP contribution in [0.25, 0.3) is 11.3 Å². The van der Waals surface area contributed by atoms with Crippen LogP contribution >= 0.6 is 0 Å². The first kappa shape index (κ1) is 37.6. The molecule has 9 heteroatoms. The Labute approximate surface area is 324 Å². The molecule has 1 aromatic heterocycles. The highest BCUT2D eigenvalue weighted by molar-refractivity contribution is 6.08. The molecule has 1 atom stereocenters. The summed E-state index contributed by atoms with van der Waals surface area (Å²) in [4.78, 5) is 50.2. The lowest BCUT2D eigenvalue weighted by Gasteiger charge is -2.36. The van der Waals surface area contributed by atoms with Gasteiger partial charge in [-0.05, 0) is 111 Å². The minimum absolute atomic E-state index is 0.00112. The number of rotatable bonds is 10. The minimum atomic E-state index is -0.113. The van der Waals surface area contributed by atoms with E-state index < -0.39 is 0 Å². The van der Waals surface area contributed by atoms with E-state index in [0.717, 1.165) is 63.6 Å². The molecule has 9 nitrogen and oxygen atoms in total. The number of ether oxygens (including phenoxy) is 1. The molecule has 0 spiro atoms. The van der Waals surface area contributed by atoms with Gasteiger partial charge in [0.2, 0.25) is 5.91 Å². The van der Waals surface area contributed by atoms with Crippen molar-refractivity contribution in [2.45, 2.75) is 52.2 Å². The van der Waals surface area contributed by atoms with Gasteiger partial charge >= 0.3 is 0 Å². The van der Waals surface area contributed by atoms with Crippen LogP contribution in [0.4, 0.5) is 5.69 Å². The van der Waals surface area contributed by atoms with E-state index in [1.54, 1.807) is 11.9 Å². The summed E-state index contributed by atoms with van der Waals surface area (Å²) < 4.78 is 7.95. The number of hydrogen-bond donors (Lipinski definition) is 0. The maximum absolute atomic E-state index is 14.9. The number of aromatic nitrogens is 1. The molecule has 5 aromatic rings. The average molecular weight is 738 g/mol. The molecule has 0 radical (unpaired) electrons. The molecule has 2 aliphatic rings. The third-order valence-electron chi connectivity index (χ3n) is 11.3. The van der Waals surface area contributed by atoms with Crippen molar-refractivity contribution >= 4 is 23.4 Å². The van der Waals surface area contributed by atoms with Crippen LogP contribution in [-0.2, 0) is 44.2 Å². The summed E-state index contributed by atoms with van der Waals surface area (Å²) in [6.07, 6.45) is 1.71. The predicted octanol–water partition coefficient (Wildman–Crippen LogP) is 6.93. The number of para-hydroxylation sites is 1. The van der Waals surface area contributed by atoms with Crippen molar-refractivity contribution in [1.82, 2.24) is 19.3 Å². The third kappa shape index (κ3) is 7.94. The van der Waals surface area contributed by atoms with Crippen molar-refractivity contribution in [2.75, 3.05) is 45.7 Å². The molecule has 0 N–H and O–H groups in total. The number of hydrogen-bond acceptors (Lipinski definition) is 5. The molecule has 3 amide bonds. The molecular formula is C46H51N5O4. The summed E-state index contributed by atoms with van der Waals surface area (Å²) >= 11 is 0. The van der Waals surface area contributed by atoms with Gasteiger partial charge in [-0.25, -0.2) is 0 Å². The number of anilines is 1. The van der Waals surface area contributed by atoms with Crippen LogP contribution < -0.4 is 9.64 Å². The summed E-state index contributed by atoms with van der Waals surface area (Å²) in [5, 5.41) is 0. The highest BCUT2D eigenvalue weighted by Crippen LogP contribution is 2.36. The molecule has 3 heterocycles. The van der Waals surface area contributed by atoms with E-state index in [2.05, 4.69) is 36.1 Å². The fourth-order valence-electron chi connectivity index (χ4n) is 7.82. The summed E-state index contributed by atoms with van der Waals surface area (Å²) in [6.45, 7) is 6.96. The Morgan fingerprint density at radius 1 is 0.800 bits per heavy atom. The second-order valence-corrected chi connectivity index (χ2v) is 15.3. The molecule has 0 bridgehead atoms. The van der Waals surface area contributed by atoms with Gasteiger partial charge in [0.05, 0.1) is 12.0 Å². The normalized spacial score (nSPS) is 15.1. The van der Waals surface area contributed by atoms with Gasteiger partial charge in [-0.1, -0.05) is 54.6 Å². The summed E-state index contributed by atoms with van der Waals surface area (Å²) in [5.74, 6) is 0.631. The third-order valence-corrected chi connectivity index (χ3v) is 11.3. The molecule has 0 unspecified atom stereocenters. The lowest BCUT2D eigenvalue weighted by atomic mass is 9.89. The first-order valence-corrected chi connectivity index (χ1v) is 19.2. The molecule has 0 saturated heterocycles. The van der Waals surface area contributed by atoms with E-state index in [0.29, 0.717) is 43.8 Å². The zero-order valence-corrected chi connectivity index (χ0v) is 32.8. The quantitative estimate of drug-likeness (QED) is 0.155. The molecule has 2 aliphatic heterocycles. The topological polar surface area (TPSA) is 78.3 Å². The molecule has 284 valence electrons. The largest absolute Gasteiger partial charge is 0.492 e. The number of nitrogens with zero attached hydrogens (tertiary/aromatic N) is 5. The fraction of sp³-hybridized carbons (Fsp3) is 0.326. The Morgan fingerprint density at radius 2 is 1.55 bits per heavy atom. The van der Waals surface area contributed by atoms with Crippen LogP contribution in [0, 0.1) is 6.92 Å². The Bertz CT molecular complexity index is 2220. The van der Waals surface area contributed by atoms with Gasteiger partial charge in [0.1, 0.15) is 12.4 Å². The van der Waals surface area contributed by atoms with Gasteiger partial charge in [-0.3, -0.25) is 14.4 Å². The number of likely N-dealkylation sites (N-methyl/N-ethyl adjacent to an activating group) is 1. The maximum Gasteiger partial charge on any atom is 0.259 e. The van der Waals surface area contributed by atoms with Crippen LogP contribution in [-0.4, -0.2) is 83.9 Å². The monoisotopic (exact) mass is 737 g/mol. The highest BCUT2D eigenvalue weighted by atomic mass is 16.5. The lowest BCUT2D eigenvalue weighted by molar-refractivity contribution is -0.131. The fourth-order valence-corrected chi connectivity index (χ4v) is 7.82. The smallest absolute Gasteiger partial charge is 0.259 e. The van der Waals surface area contributed by atoms with Gasteiger partial charge in [0.15, 0.2) is 0 Å². The van der Waals surface area contributed by atoms with Gasteiger partial charge in [0.25, 0.3) is 11.8 Å². The first-order chi connectivity index (χ1) is 26.5. The van der Waals surface area contributed by atoms with E-state index in [4.69, 9.17) is 4.74 Å². The van der Waals surface area contributed by atoms with Crippen molar-refractivity contribution in [1.29, 1.82) is 0 Å². The molecular weight excluding hydrogens is 687 g/mol. The second-order valence-electron chi connectivity index (χ2n) is 15.3. The zero-order chi connectivity index (χ0) is 38.8. The number of fused-ring (bicyclic) bond motifs is 2. The van der Waals surface area contributed by atoms with Crippen LogP contribution in [0.5, 0.6) is 5.75 Å². The number of benzene rings is 4. The Hall–Kier alpha value is -5.67.